The number of ether oxygens (including phenoxy) is 1. The lowest BCUT2D eigenvalue weighted by molar-refractivity contribution is -0.143. The van der Waals surface area contributed by atoms with Gasteiger partial charge in [0.15, 0.2) is 0 Å². The summed E-state index contributed by atoms with van der Waals surface area (Å²) in [4.78, 5) is 11.9. The Bertz CT molecular complexity index is 400. The fraction of sp³-hybridized carbons (Fsp3) is 0.562. The van der Waals surface area contributed by atoms with Gasteiger partial charge in [-0.2, -0.15) is 0 Å². The highest BCUT2D eigenvalue weighted by atomic mass is 16.5. The van der Waals surface area contributed by atoms with E-state index in [-0.39, 0.29) is 12.0 Å². The maximum absolute atomic E-state index is 11.9. The van der Waals surface area contributed by atoms with E-state index in [2.05, 4.69) is 12.2 Å². The summed E-state index contributed by atoms with van der Waals surface area (Å²) in [6.45, 7) is 2.15. The van der Waals surface area contributed by atoms with Crippen molar-refractivity contribution in [3.05, 3.63) is 35.9 Å². The number of nitrogens with one attached hydrogen (secondary N) is 1. The Morgan fingerprint density at radius 2 is 2.05 bits per heavy atom. The van der Waals surface area contributed by atoms with E-state index < -0.39 is 0 Å². The number of carbonyl (C=O) groups is 1. The third-order valence-electron chi connectivity index (χ3n) is 3.93. The van der Waals surface area contributed by atoms with E-state index in [9.17, 15) is 4.79 Å². The molecular weight excluding hydrogens is 238 g/mol. The summed E-state index contributed by atoms with van der Waals surface area (Å²) >= 11 is 0. The number of carbonyl (C=O) groups excluding carboxylic acids is 1. The Hall–Kier alpha value is -1.35. The lowest BCUT2D eigenvalue weighted by Gasteiger charge is -2.30. The fourth-order valence-corrected chi connectivity index (χ4v) is 2.64. The summed E-state index contributed by atoms with van der Waals surface area (Å²) in [7, 11) is 1.44. The SMILES string of the molecule is COC(=O)C(NC(C)CC1CCC1)c1ccccc1. The van der Waals surface area contributed by atoms with Gasteiger partial charge in [-0.05, 0) is 24.8 Å². The number of benzene rings is 1. The summed E-state index contributed by atoms with van der Waals surface area (Å²) in [5.74, 6) is 0.614. The predicted octanol–water partition coefficient (Wildman–Crippen LogP) is 3.07. The minimum atomic E-state index is -0.360. The van der Waals surface area contributed by atoms with E-state index in [0.29, 0.717) is 6.04 Å². The predicted molar refractivity (Wildman–Crippen MR) is 75.8 cm³/mol. The summed E-state index contributed by atoms with van der Waals surface area (Å²) < 4.78 is 4.91. The van der Waals surface area contributed by atoms with Gasteiger partial charge < -0.3 is 4.74 Å². The van der Waals surface area contributed by atoms with Gasteiger partial charge in [0.1, 0.15) is 6.04 Å². The fourth-order valence-electron chi connectivity index (χ4n) is 2.64. The second-order valence-electron chi connectivity index (χ2n) is 5.47. The highest BCUT2D eigenvalue weighted by Gasteiger charge is 2.25. The average Bonchev–Trinajstić information content (AvgIpc) is 2.40. The van der Waals surface area contributed by atoms with E-state index in [1.807, 2.05) is 30.3 Å². The van der Waals surface area contributed by atoms with Crippen LogP contribution in [0, 0.1) is 5.92 Å². The molecule has 0 aliphatic heterocycles. The number of hydrogen-bond acceptors (Lipinski definition) is 3. The lowest BCUT2D eigenvalue weighted by atomic mass is 9.81. The molecule has 0 spiro atoms. The molecule has 0 saturated heterocycles. The molecule has 2 unspecified atom stereocenters. The summed E-state index contributed by atoms with van der Waals surface area (Å²) in [5.41, 5.74) is 0.967. The third kappa shape index (κ3) is 3.80. The van der Waals surface area contributed by atoms with Crippen LogP contribution in [0.2, 0.25) is 0 Å². The molecule has 1 aromatic carbocycles. The first kappa shape index (κ1) is 14.1. The molecular formula is C16H23NO2. The first-order valence-corrected chi connectivity index (χ1v) is 7.09. The van der Waals surface area contributed by atoms with Crippen LogP contribution < -0.4 is 5.32 Å². The maximum Gasteiger partial charge on any atom is 0.327 e. The second kappa shape index (κ2) is 6.71. The van der Waals surface area contributed by atoms with Crippen LogP contribution in [0.4, 0.5) is 0 Å². The summed E-state index contributed by atoms with van der Waals surface area (Å²) in [6.07, 6.45) is 5.16. The number of hydrogen-bond donors (Lipinski definition) is 1. The Kier molecular flexibility index (Phi) is 4.97. The molecule has 2 atom stereocenters. The van der Waals surface area contributed by atoms with Crippen molar-refractivity contribution in [2.24, 2.45) is 5.92 Å². The molecule has 0 heterocycles. The first-order chi connectivity index (χ1) is 9.20. The molecule has 1 aliphatic carbocycles. The van der Waals surface area contributed by atoms with E-state index in [4.69, 9.17) is 4.74 Å². The molecule has 19 heavy (non-hydrogen) atoms. The van der Waals surface area contributed by atoms with Crippen molar-refractivity contribution in [1.82, 2.24) is 5.32 Å². The van der Waals surface area contributed by atoms with Crippen LogP contribution in [0.5, 0.6) is 0 Å². The second-order valence-corrected chi connectivity index (χ2v) is 5.47. The van der Waals surface area contributed by atoms with Crippen LogP contribution in [0.15, 0.2) is 30.3 Å². The molecule has 1 N–H and O–H groups in total. The molecule has 0 aromatic heterocycles. The molecule has 1 fully saturated rings. The van der Waals surface area contributed by atoms with E-state index in [1.54, 1.807) is 0 Å². The minimum absolute atomic E-state index is 0.216. The summed E-state index contributed by atoms with van der Waals surface area (Å²) in [6, 6.07) is 9.74. The van der Waals surface area contributed by atoms with Crippen molar-refractivity contribution in [2.75, 3.05) is 7.11 Å². The number of rotatable bonds is 6. The maximum atomic E-state index is 11.9. The van der Waals surface area contributed by atoms with Gasteiger partial charge in [-0.3, -0.25) is 5.32 Å². The van der Waals surface area contributed by atoms with Gasteiger partial charge in [0.25, 0.3) is 0 Å². The van der Waals surface area contributed by atoms with E-state index >= 15 is 0 Å². The van der Waals surface area contributed by atoms with Crippen molar-refractivity contribution >= 4 is 5.97 Å². The van der Waals surface area contributed by atoms with Gasteiger partial charge in [-0.15, -0.1) is 0 Å². The van der Waals surface area contributed by atoms with Crippen LogP contribution in [-0.4, -0.2) is 19.1 Å². The quantitative estimate of drug-likeness (QED) is 0.800. The highest BCUT2D eigenvalue weighted by Crippen LogP contribution is 2.31. The zero-order valence-electron chi connectivity index (χ0n) is 11.8. The third-order valence-corrected chi connectivity index (χ3v) is 3.93. The Morgan fingerprint density at radius 3 is 2.58 bits per heavy atom. The van der Waals surface area contributed by atoms with Crippen LogP contribution in [0.1, 0.15) is 44.2 Å². The topological polar surface area (TPSA) is 38.3 Å². The monoisotopic (exact) mass is 261 g/mol. The zero-order chi connectivity index (χ0) is 13.7. The number of methoxy groups -OCH3 is 1. The van der Waals surface area contributed by atoms with Crippen molar-refractivity contribution in [1.29, 1.82) is 0 Å². The van der Waals surface area contributed by atoms with E-state index in [0.717, 1.165) is 17.9 Å². The van der Waals surface area contributed by atoms with Gasteiger partial charge >= 0.3 is 5.97 Å². The van der Waals surface area contributed by atoms with Crippen molar-refractivity contribution < 1.29 is 9.53 Å². The number of esters is 1. The zero-order valence-corrected chi connectivity index (χ0v) is 11.8. The molecule has 0 bridgehead atoms. The van der Waals surface area contributed by atoms with Gasteiger partial charge in [0, 0.05) is 6.04 Å². The highest BCUT2D eigenvalue weighted by molar-refractivity contribution is 5.77. The molecule has 1 saturated carbocycles. The van der Waals surface area contributed by atoms with Gasteiger partial charge in [-0.25, -0.2) is 4.79 Å². The largest absolute Gasteiger partial charge is 0.468 e. The van der Waals surface area contributed by atoms with E-state index in [1.165, 1.54) is 26.4 Å². The summed E-state index contributed by atoms with van der Waals surface area (Å²) in [5, 5.41) is 3.41. The molecule has 1 aromatic rings. The van der Waals surface area contributed by atoms with Gasteiger partial charge in [0.05, 0.1) is 7.11 Å². The molecule has 3 heteroatoms. The average molecular weight is 261 g/mol. The van der Waals surface area contributed by atoms with Gasteiger partial charge in [-0.1, -0.05) is 49.6 Å². The lowest BCUT2D eigenvalue weighted by Crippen LogP contribution is -2.37. The molecule has 104 valence electrons. The van der Waals surface area contributed by atoms with Crippen molar-refractivity contribution in [2.45, 2.75) is 44.7 Å². The first-order valence-electron chi connectivity index (χ1n) is 7.09. The standard InChI is InChI=1S/C16H23NO2/c1-12(11-13-7-6-8-13)17-15(16(18)19-2)14-9-4-3-5-10-14/h3-5,9-10,12-13,15,17H,6-8,11H2,1-2H3. The van der Waals surface area contributed by atoms with Crippen LogP contribution in [-0.2, 0) is 9.53 Å². The Balaban J connectivity index is 1.99. The molecule has 0 radical (unpaired) electrons. The normalized spacial score (nSPS) is 18.4. The molecule has 0 amide bonds. The van der Waals surface area contributed by atoms with Gasteiger partial charge in [0.2, 0.25) is 0 Å². The van der Waals surface area contributed by atoms with Crippen LogP contribution in [0.25, 0.3) is 0 Å². The molecule has 1 aliphatic rings. The smallest absolute Gasteiger partial charge is 0.327 e. The van der Waals surface area contributed by atoms with Crippen LogP contribution in [0.3, 0.4) is 0 Å². The molecule has 3 nitrogen and oxygen atoms in total. The molecule has 2 rings (SSSR count). The van der Waals surface area contributed by atoms with Crippen molar-refractivity contribution in [3.8, 4) is 0 Å². The minimum Gasteiger partial charge on any atom is -0.468 e. The Morgan fingerprint density at radius 1 is 1.37 bits per heavy atom. The van der Waals surface area contributed by atoms with Crippen molar-refractivity contribution in [3.63, 3.8) is 0 Å². The van der Waals surface area contributed by atoms with Crippen LogP contribution >= 0.6 is 0 Å². The Labute approximate surface area is 115 Å².